The summed E-state index contributed by atoms with van der Waals surface area (Å²) in [6, 6.07) is 6.00. The molecule has 0 unspecified atom stereocenters. The second-order valence-electron chi connectivity index (χ2n) is 8.57. The third kappa shape index (κ3) is 3.45. The first-order valence-electron chi connectivity index (χ1n) is 10.8. The van der Waals surface area contributed by atoms with Crippen LogP contribution in [0.4, 0.5) is 11.5 Å². The van der Waals surface area contributed by atoms with Crippen molar-refractivity contribution in [2.24, 2.45) is 13.0 Å². The third-order valence-electron chi connectivity index (χ3n) is 6.54. The highest BCUT2D eigenvalue weighted by atomic mass is 16.2. The number of aromatic nitrogens is 5. The molecule has 2 fully saturated rings. The second kappa shape index (κ2) is 7.85. The summed E-state index contributed by atoms with van der Waals surface area (Å²) in [5, 5.41) is 8.22. The minimum absolute atomic E-state index is 0.0104. The largest absolute Gasteiger partial charge is 0.351 e. The minimum Gasteiger partial charge on any atom is -0.351 e. The van der Waals surface area contributed by atoms with Gasteiger partial charge in [-0.1, -0.05) is 11.3 Å². The zero-order valence-corrected chi connectivity index (χ0v) is 18.5. The quantitative estimate of drug-likeness (QED) is 0.608. The van der Waals surface area contributed by atoms with E-state index in [9.17, 15) is 9.59 Å². The molecular formula is C22H26N8O2. The van der Waals surface area contributed by atoms with Crippen LogP contribution in [-0.4, -0.2) is 74.4 Å². The maximum atomic E-state index is 13.2. The summed E-state index contributed by atoms with van der Waals surface area (Å²) in [4.78, 5) is 40.2. The first-order valence-corrected chi connectivity index (χ1v) is 10.8. The number of piperazine rings is 1. The molecule has 1 atom stereocenters. The van der Waals surface area contributed by atoms with Crippen LogP contribution in [0.5, 0.6) is 0 Å². The predicted molar refractivity (Wildman–Crippen MR) is 119 cm³/mol. The zero-order chi connectivity index (χ0) is 22.4. The Morgan fingerprint density at radius 3 is 2.59 bits per heavy atom. The summed E-state index contributed by atoms with van der Waals surface area (Å²) in [7, 11) is 1.80. The number of nitrogens with zero attached hydrogens (tertiary/aromatic N) is 8. The lowest BCUT2D eigenvalue weighted by atomic mass is 10.1. The van der Waals surface area contributed by atoms with Crippen molar-refractivity contribution in [1.29, 1.82) is 0 Å². The Morgan fingerprint density at radius 1 is 1.06 bits per heavy atom. The first-order chi connectivity index (χ1) is 15.4. The molecule has 2 amide bonds. The number of amides is 2. The average Bonchev–Trinajstić information content (AvgIpc) is 3.38. The van der Waals surface area contributed by atoms with Crippen LogP contribution in [0.1, 0.15) is 17.5 Å². The van der Waals surface area contributed by atoms with Crippen molar-refractivity contribution in [1.82, 2.24) is 29.9 Å². The van der Waals surface area contributed by atoms with Crippen LogP contribution in [0.25, 0.3) is 11.2 Å². The van der Waals surface area contributed by atoms with E-state index in [1.54, 1.807) is 16.6 Å². The lowest BCUT2D eigenvalue weighted by Gasteiger charge is -2.36. The lowest BCUT2D eigenvalue weighted by molar-refractivity contribution is -0.136. The number of hydrogen-bond acceptors (Lipinski definition) is 7. The van der Waals surface area contributed by atoms with Crippen molar-refractivity contribution in [2.45, 2.75) is 20.3 Å². The molecule has 0 spiro atoms. The predicted octanol–water partition coefficient (Wildman–Crippen LogP) is 1.08. The molecule has 2 saturated heterocycles. The number of hydrogen-bond donors (Lipinski definition) is 0. The monoisotopic (exact) mass is 434 g/mol. The maximum absolute atomic E-state index is 13.2. The standard InChI is InChI=1S/C22H26N8O2/c1-14-4-5-17(10-15(14)2)30-12-16(11-18(30)31)22(32)29-8-6-28(7-9-29)21-19-20(23-13-24-21)27(3)26-25-19/h4-5,10,13,16H,6-9,11-12H2,1-3H3/t16-/m0/s1. The van der Waals surface area contributed by atoms with Gasteiger partial charge < -0.3 is 14.7 Å². The molecule has 0 bridgehead atoms. The fraction of sp³-hybridized carbons (Fsp3) is 0.455. The molecule has 2 aromatic heterocycles. The van der Waals surface area contributed by atoms with E-state index in [1.807, 2.05) is 36.9 Å². The van der Waals surface area contributed by atoms with E-state index in [1.165, 1.54) is 11.9 Å². The SMILES string of the molecule is Cc1ccc(N2C[C@@H](C(=O)N3CCN(c4ncnc5c4nnn5C)CC3)CC2=O)cc1C. The molecule has 0 aliphatic carbocycles. The van der Waals surface area contributed by atoms with Gasteiger partial charge in [0.25, 0.3) is 0 Å². The molecule has 4 heterocycles. The fourth-order valence-electron chi connectivity index (χ4n) is 4.49. The zero-order valence-electron chi connectivity index (χ0n) is 18.5. The van der Waals surface area contributed by atoms with Crippen LogP contribution >= 0.6 is 0 Å². The van der Waals surface area contributed by atoms with Gasteiger partial charge in [-0.05, 0) is 37.1 Å². The smallest absolute Gasteiger partial charge is 0.228 e. The molecule has 2 aliphatic rings. The van der Waals surface area contributed by atoms with E-state index < -0.39 is 0 Å². The Hall–Kier alpha value is -3.56. The van der Waals surface area contributed by atoms with Gasteiger partial charge in [-0.3, -0.25) is 9.59 Å². The Kier molecular flexibility index (Phi) is 4.99. The molecule has 32 heavy (non-hydrogen) atoms. The molecule has 10 nitrogen and oxygen atoms in total. The molecule has 10 heteroatoms. The number of fused-ring (bicyclic) bond motifs is 1. The molecule has 0 saturated carbocycles. The lowest BCUT2D eigenvalue weighted by Crippen LogP contribution is -2.51. The summed E-state index contributed by atoms with van der Waals surface area (Å²) >= 11 is 0. The molecule has 166 valence electrons. The van der Waals surface area contributed by atoms with Gasteiger partial charge >= 0.3 is 0 Å². The number of benzene rings is 1. The van der Waals surface area contributed by atoms with E-state index in [0.29, 0.717) is 43.9 Å². The van der Waals surface area contributed by atoms with Gasteiger partial charge in [0, 0.05) is 51.9 Å². The Bertz CT molecular complexity index is 1200. The van der Waals surface area contributed by atoms with Crippen LogP contribution in [-0.2, 0) is 16.6 Å². The van der Waals surface area contributed by atoms with Crippen molar-refractivity contribution in [3.05, 3.63) is 35.7 Å². The molecule has 0 N–H and O–H groups in total. The number of aryl methyl sites for hydroxylation is 3. The van der Waals surface area contributed by atoms with E-state index in [4.69, 9.17) is 0 Å². The molecule has 1 aromatic carbocycles. The van der Waals surface area contributed by atoms with E-state index in [-0.39, 0.29) is 24.2 Å². The summed E-state index contributed by atoms with van der Waals surface area (Å²) in [6.45, 7) is 6.98. The Balaban J connectivity index is 1.24. The second-order valence-corrected chi connectivity index (χ2v) is 8.57. The van der Waals surface area contributed by atoms with Gasteiger partial charge in [0.15, 0.2) is 17.0 Å². The van der Waals surface area contributed by atoms with Crippen molar-refractivity contribution in [3.63, 3.8) is 0 Å². The third-order valence-corrected chi connectivity index (χ3v) is 6.54. The van der Waals surface area contributed by atoms with Crippen LogP contribution in [0.15, 0.2) is 24.5 Å². The van der Waals surface area contributed by atoms with Crippen molar-refractivity contribution in [3.8, 4) is 0 Å². The van der Waals surface area contributed by atoms with E-state index >= 15 is 0 Å². The topological polar surface area (TPSA) is 100 Å². The van der Waals surface area contributed by atoms with E-state index in [2.05, 4.69) is 25.2 Å². The van der Waals surface area contributed by atoms with Crippen molar-refractivity contribution < 1.29 is 9.59 Å². The minimum atomic E-state index is -0.304. The molecule has 3 aromatic rings. The number of anilines is 2. The summed E-state index contributed by atoms with van der Waals surface area (Å²) in [5.74, 6) is 0.501. The molecule has 0 radical (unpaired) electrons. The Morgan fingerprint density at radius 2 is 1.84 bits per heavy atom. The van der Waals surface area contributed by atoms with Crippen molar-refractivity contribution >= 4 is 34.5 Å². The first kappa shape index (κ1) is 20.3. The van der Waals surface area contributed by atoms with Crippen LogP contribution in [0.3, 0.4) is 0 Å². The normalized spacial score (nSPS) is 19.3. The van der Waals surface area contributed by atoms with Gasteiger partial charge in [0.05, 0.1) is 5.92 Å². The highest BCUT2D eigenvalue weighted by Crippen LogP contribution is 2.28. The van der Waals surface area contributed by atoms with Crippen LogP contribution in [0, 0.1) is 19.8 Å². The molecular weight excluding hydrogens is 408 g/mol. The van der Waals surface area contributed by atoms with Gasteiger partial charge in [0.1, 0.15) is 6.33 Å². The molecule has 5 rings (SSSR count). The summed E-state index contributed by atoms with van der Waals surface area (Å²) in [5.41, 5.74) is 4.55. The highest BCUT2D eigenvalue weighted by Gasteiger charge is 2.38. The van der Waals surface area contributed by atoms with Gasteiger partial charge in [-0.15, -0.1) is 5.10 Å². The average molecular weight is 435 g/mol. The van der Waals surface area contributed by atoms with Gasteiger partial charge in [0.2, 0.25) is 11.8 Å². The van der Waals surface area contributed by atoms with Gasteiger partial charge in [-0.2, -0.15) is 0 Å². The molecule has 2 aliphatic heterocycles. The summed E-state index contributed by atoms with van der Waals surface area (Å²) < 4.78 is 1.62. The number of carbonyl (C=O) groups excluding carboxylic acids is 2. The van der Waals surface area contributed by atoms with Crippen LogP contribution in [0.2, 0.25) is 0 Å². The van der Waals surface area contributed by atoms with Crippen LogP contribution < -0.4 is 9.80 Å². The fourth-order valence-corrected chi connectivity index (χ4v) is 4.49. The Labute approximate surface area is 185 Å². The maximum Gasteiger partial charge on any atom is 0.228 e. The number of carbonyl (C=O) groups is 2. The van der Waals surface area contributed by atoms with Crippen molar-refractivity contribution in [2.75, 3.05) is 42.5 Å². The number of rotatable bonds is 3. The van der Waals surface area contributed by atoms with E-state index in [0.717, 1.165) is 17.1 Å². The summed E-state index contributed by atoms with van der Waals surface area (Å²) in [6.07, 6.45) is 1.78. The highest BCUT2D eigenvalue weighted by molar-refractivity contribution is 6.00. The van der Waals surface area contributed by atoms with Gasteiger partial charge in [-0.25, -0.2) is 14.6 Å².